The molecule has 1 aromatic rings. The number of hydrogen-bond donors (Lipinski definition) is 0. The lowest BCUT2D eigenvalue weighted by molar-refractivity contribution is -0.108. The molecule has 0 saturated carbocycles. The van der Waals surface area contributed by atoms with Gasteiger partial charge >= 0.3 is 0 Å². The molecule has 0 heterocycles. The van der Waals surface area contributed by atoms with Crippen LogP contribution in [-0.2, 0) is 4.79 Å². The molecule has 5 nitrogen and oxygen atoms in total. The summed E-state index contributed by atoms with van der Waals surface area (Å²) < 4.78 is 15.2. The minimum Gasteiger partial charge on any atom is -0.493 e. The number of methoxy groups -OCH3 is 3. The molecule has 0 saturated heterocycles. The van der Waals surface area contributed by atoms with E-state index in [0.717, 1.165) is 0 Å². The van der Waals surface area contributed by atoms with Crippen molar-refractivity contribution in [3.05, 3.63) is 17.7 Å². The first kappa shape index (κ1) is 13.3. The molecule has 0 bridgehead atoms. The molecule has 0 radical (unpaired) electrons. The second kappa shape index (κ2) is 5.54. The molecule has 1 rings (SSSR count). The number of benzene rings is 1. The third-order valence-corrected chi connectivity index (χ3v) is 2.30. The molecule has 17 heavy (non-hydrogen) atoms. The summed E-state index contributed by atoms with van der Waals surface area (Å²) >= 11 is 5.14. The van der Waals surface area contributed by atoms with E-state index < -0.39 is 11.0 Å². The molecule has 0 aliphatic carbocycles. The van der Waals surface area contributed by atoms with E-state index in [9.17, 15) is 9.59 Å². The van der Waals surface area contributed by atoms with Crippen molar-refractivity contribution < 1.29 is 23.8 Å². The van der Waals surface area contributed by atoms with Crippen LogP contribution in [0.4, 0.5) is 0 Å². The maximum atomic E-state index is 11.5. The van der Waals surface area contributed by atoms with Crippen LogP contribution >= 0.6 is 11.6 Å². The second-order valence-electron chi connectivity index (χ2n) is 2.98. The Morgan fingerprint density at radius 2 is 1.59 bits per heavy atom. The fourth-order valence-electron chi connectivity index (χ4n) is 1.39. The summed E-state index contributed by atoms with van der Waals surface area (Å²) in [6, 6.07) is 2.89. The minimum atomic E-state index is -1.09. The van der Waals surface area contributed by atoms with Crippen molar-refractivity contribution in [2.45, 2.75) is 0 Å². The summed E-state index contributed by atoms with van der Waals surface area (Å²) in [5.74, 6) is -0.114. The highest BCUT2D eigenvalue weighted by molar-refractivity contribution is 6.83. The normalized spacial score (nSPS) is 9.65. The Balaban J connectivity index is 3.43. The van der Waals surface area contributed by atoms with E-state index in [1.807, 2.05) is 0 Å². The highest BCUT2D eigenvalue weighted by Crippen LogP contribution is 2.39. The molecule has 6 heteroatoms. The van der Waals surface area contributed by atoms with Crippen LogP contribution in [0.25, 0.3) is 0 Å². The van der Waals surface area contributed by atoms with Crippen molar-refractivity contribution in [2.24, 2.45) is 0 Å². The molecule has 0 aliphatic rings. The molecule has 0 fully saturated rings. The van der Waals surface area contributed by atoms with Gasteiger partial charge in [-0.25, -0.2) is 0 Å². The summed E-state index contributed by atoms with van der Waals surface area (Å²) in [6.07, 6.45) is 0. The molecule has 0 atom stereocenters. The van der Waals surface area contributed by atoms with Crippen LogP contribution in [0.1, 0.15) is 10.4 Å². The fraction of sp³-hybridized carbons (Fsp3) is 0.273. The van der Waals surface area contributed by atoms with Gasteiger partial charge in [0.05, 0.1) is 26.9 Å². The number of ether oxygens (including phenoxy) is 3. The zero-order valence-corrected chi connectivity index (χ0v) is 10.3. The first-order valence-corrected chi connectivity index (χ1v) is 4.97. The average Bonchev–Trinajstić information content (AvgIpc) is 2.35. The average molecular weight is 259 g/mol. The predicted molar refractivity (Wildman–Crippen MR) is 61.3 cm³/mol. The molecular weight excluding hydrogens is 248 g/mol. The summed E-state index contributed by atoms with van der Waals surface area (Å²) in [5, 5.41) is -1.09. The second-order valence-corrected chi connectivity index (χ2v) is 3.33. The van der Waals surface area contributed by atoms with Crippen LogP contribution in [0.2, 0.25) is 0 Å². The SMILES string of the molecule is COc1ccc(C(=O)C(=O)Cl)c(OC)c1OC. The molecule has 0 amide bonds. The number of hydrogen-bond acceptors (Lipinski definition) is 5. The van der Waals surface area contributed by atoms with Crippen LogP contribution in [-0.4, -0.2) is 32.4 Å². The molecule has 0 unspecified atom stereocenters. The highest BCUT2D eigenvalue weighted by atomic mass is 35.5. The third kappa shape index (κ3) is 2.50. The van der Waals surface area contributed by atoms with Crippen LogP contribution in [0.5, 0.6) is 17.2 Å². The topological polar surface area (TPSA) is 61.8 Å². The van der Waals surface area contributed by atoms with Crippen LogP contribution < -0.4 is 14.2 Å². The van der Waals surface area contributed by atoms with Gasteiger partial charge in [0.25, 0.3) is 5.24 Å². The number of rotatable bonds is 5. The minimum absolute atomic E-state index is 0.0325. The van der Waals surface area contributed by atoms with E-state index in [0.29, 0.717) is 5.75 Å². The van der Waals surface area contributed by atoms with Gasteiger partial charge in [0.1, 0.15) is 0 Å². The Hall–Kier alpha value is -1.75. The van der Waals surface area contributed by atoms with Crippen molar-refractivity contribution in [1.29, 1.82) is 0 Å². The zero-order chi connectivity index (χ0) is 13.0. The number of Topliss-reactive ketones (excluding diaryl/α,β-unsaturated/α-hetero) is 1. The van der Waals surface area contributed by atoms with E-state index in [4.69, 9.17) is 25.8 Å². The van der Waals surface area contributed by atoms with E-state index in [1.54, 1.807) is 0 Å². The Kier molecular flexibility index (Phi) is 4.34. The van der Waals surface area contributed by atoms with Crippen molar-refractivity contribution in [3.63, 3.8) is 0 Å². The Bertz CT molecular complexity index is 455. The lowest BCUT2D eigenvalue weighted by atomic mass is 10.1. The highest BCUT2D eigenvalue weighted by Gasteiger charge is 2.23. The molecule has 0 N–H and O–H groups in total. The summed E-state index contributed by atoms with van der Waals surface area (Å²) in [7, 11) is 4.20. The summed E-state index contributed by atoms with van der Waals surface area (Å²) in [6.45, 7) is 0. The van der Waals surface area contributed by atoms with Gasteiger partial charge in [-0.15, -0.1) is 0 Å². The zero-order valence-electron chi connectivity index (χ0n) is 9.57. The van der Waals surface area contributed by atoms with Gasteiger partial charge in [-0.3, -0.25) is 9.59 Å². The molecular formula is C11H11ClO5. The number of carbonyl (C=O) groups is 2. The number of ketones is 1. The van der Waals surface area contributed by atoms with Crippen molar-refractivity contribution >= 4 is 22.6 Å². The van der Waals surface area contributed by atoms with Crippen molar-refractivity contribution in [3.8, 4) is 17.2 Å². The fourth-order valence-corrected chi connectivity index (χ4v) is 1.49. The first-order chi connectivity index (χ1) is 8.06. The Labute approximate surface area is 103 Å². The number of carbonyl (C=O) groups excluding carboxylic acids is 2. The Morgan fingerprint density at radius 3 is 2.00 bits per heavy atom. The maximum Gasteiger partial charge on any atom is 0.293 e. The van der Waals surface area contributed by atoms with Gasteiger partial charge in [0.2, 0.25) is 11.5 Å². The molecule has 0 spiro atoms. The quantitative estimate of drug-likeness (QED) is 0.457. The van der Waals surface area contributed by atoms with Gasteiger partial charge < -0.3 is 14.2 Å². The number of halogens is 1. The van der Waals surface area contributed by atoms with Crippen LogP contribution in [0.3, 0.4) is 0 Å². The molecule has 0 aromatic heterocycles. The van der Waals surface area contributed by atoms with Crippen LogP contribution in [0.15, 0.2) is 12.1 Å². The van der Waals surface area contributed by atoms with Gasteiger partial charge in [-0.2, -0.15) is 0 Å². The monoisotopic (exact) mass is 258 g/mol. The van der Waals surface area contributed by atoms with Gasteiger partial charge in [-0.1, -0.05) is 0 Å². The maximum absolute atomic E-state index is 11.5. The molecule has 0 aliphatic heterocycles. The van der Waals surface area contributed by atoms with Gasteiger partial charge in [-0.05, 0) is 23.7 Å². The van der Waals surface area contributed by atoms with Gasteiger partial charge in [0, 0.05) is 0 Å². The van der Waals surface area contributed by atoms with Crippen molar-refractivity contribution in [1.82, 2.24) is 0 Å². The van der Waals surface area contributed by atoms with E-state index in [1.165, 1.54) is 33.5 Å². The predicted octanol–water partition coefficient (Wildman–Crippen LogP) is 1.66. The molecule has 92 valence electrons. The summed E-state index contributed by atoms with van der Waals surface area (Å²) in [4.78, 5) is 22.4. The summed E-state index contributed by atoms with van der Waals surface area (Å²) in [5.41, 5.74) is 0.0325. The lowest BCUT2D eigenvalue weighted by Crippen LogP contribution is -2.10. The third-order valence-electron chi connectivity index (χ3n) is 2.13. The molecule has 1 aromatic carbocycles. The Morgan fingerprint density at radius 1 is 1.00 bits per heavy atom. The van der Waals surface area contributed by atoms with Crippen molar-refractivity contribution in [2.75, 3.05) is 21.3 Å². The van der Waals surface area contributed by atoms with E-state index >= 15 is 0 Å². The van der Waals surface area contributed by atoms with E-state index in [-0.39, 0.29) is 17.1 Å². The lowest BCUT2D eigenvalue weighted by Gasteiger charge is -2.14. The largest absolute Gasteiger partial charge is 0.493 e. The van der Waals surface area contributed by atoms with Crippen LogP contribution in [0, 0.1) is 0 Å². The first-order valence-electron chi connectivity index (χ1n) is 4.60. The smallest absolute Gasteiger partial charge is 0.293 e. The van der Waals surface area contributed by atoms with E-state index in [2.05, 4.69) is 0 Å². The van der Waals surface area contributed by atoms with Gasteiger partial charge in [0.15, 0.2) is 11.5 Å². The standard InChI is InChI=1S/C11H11ClO5/c1-15-7-5-4-6(8(13)11(12)14)9(16-2)10(7)17-3/h4-5H,1-3H3.